The number of carbonyl (C=O) groups excluding carboxylic acids is 1. The zero-order valence-corrected chi connectivity index (χ0v) is 14.9. The van der Waals surface area contributed by atoms with Gasteiger partial charge in [-0.25, -0.2) is 12.7 Å². The van der Waals surface area contributed by atoms with E-state index in [0.29, 0.717) is 25.9 Å². The van der Waals surface area contributed by atoms with Crippen molar-refractivity contribution in [3.8, 4) is 0 Å². The molecule has 2 rings (SSSR count). The zero-order valence-electron chi connectivity index (χ0n) is 14.1. The monoisotopic (exact) mass is 338 g/mol. The number of anilines is 1. The maximum Gasteiger partial charge on any atom is 0.227 e. The second-order valence-corrected chi connectivity index (χ2v) is 8.28. The van der Waals surface area contributed by atoms with Crippen molar-refractivity contribution in [3.05, 3.63) is 29.3 Å². The van der Waals surface area contributed by atoms with Gasteiger partial charge < -0.3 is 5.32 Å². The molecule has 1 fully saturated rings. The summed E-state index contributed by atoms with van der Waals surface area (Å²) in [5, 5.41) is 3.06. The number of rotatable bonds is 5. The standard InChI is InChI=1S/C17H26N2O3S/c1-4-14-8-6-7-13(3)16(14)18-17(20)15-9-11-19(12-10-15)23(21,22)5-2/h6-8,15H,4-5,9-12H2,1-3H3,(H,18,20). The smallest absolute Gasteiger partial charge is 0.227 e. The van der Waals surface area contributed by atoms with Crippen LogP contribution in [0.5, 0.6) is 0 Å². The van der Waals surface area contributed by atoms with E-state index in [9.17, 15) is 13.2 Å². The summed E-state index contributed by atoms with van der Waals surface area (Å²) in [6.07, 6.45) is 2.03. The molecule has 0 unspecified atom stereocenters. The van der Waals surface area contributed by atoms with E-state index in [4.69, 9.17) is 0 Å². The summed E-state index contributed by atoms with van der Waals surface area (Å²) in [6.45, 7) is 6.58. The zero-order chi connectivity index (χ0) is 17.0. The van der Waals surface area contributed by atoms with Crippen molar-refractivity contribution in [2.45, 2.75) is 40.0 Å². The highest BCUT2D eigenvalue weighted by Crippen LogP contribution is 2.25. The molecule has 1 amide bonds. The fourth-order valence-corrected chi connectivity index (χ4v) is 4.14. The maximum atomic E-state index is 12.5. The number of para-hydroxylation sites is 1. The molecule has 0 atom stereocenters. The van der Waals surface area contributed by atoms with Crippen LogP contribution < -0.4 is 5.32 Å². The topological polar surface area (TPSA) is 66.5 Å². The molecule has 23 heavy (non-hydrogen) atoms. The molecule has 1 aliphatic heterocycles. The Hall–Kier alpha value is -1.40. The van der Waals surface area contributed by atoms with E-state index in [2.05, 4.69) is 12.2 Å². The lowest BCUT2D eigenvalue weighted by Gasteiger charge is -2.30. The molecular formula is C17H26N2O3S. The van der Waals surface area contributed by atoms with Gasteiger partial charge in [0.05, 0.1) is 5.75 Å². The molecule has 1 heterocycles. The van der Waals surface area contributed by atoms with Gasteiger partial charge in [0.25, 0.3) is 0 Å². The van der Waals surface area contributed by atoms with Gasteiger partial charge in [-0.15, -0.1) is 0 Å². The Morgan fingerprint density at radius 1 is 1.26 bits per heavy atom. The highest BCUT2D eigenvalue weighted by molar-refractivity contribution is 7.89. The molecule has 0 spiro atoms. The van der Waals surface area contributed by atoms with Crippen LogP contribution in [0.1, 0.15) is 37.8 Å². The van der Waals surface area contributed by atoms with Crippen molar-refractivity contribution in [1.82, 2.24) is 4.31 Å². The molecule has 128 valence electrons. The molecule has 0 aromatic heterocycles. The molecular weight excluding hydrogens is 312 g/mol. The Morgan fingerprint density at radius 3 is 2.48 bits per heavy atom. The third-order valence-corrected chi connectivity index (χ3v) is 6.45. The van der Waals surface area contributed by atoms with E-state index in [1.165, 1.54) is 4.31 Å². The molecule has 5 nitrogen and oxygen atoms in total. The fourth-order valence-electron chi connectivity index (χ4n) is 3.01. The summed E-state index contributed by atoms with van der Waals surface area (Å²) in [7, 11) is -3.15. The number of aryl methyl sites for hydroxylation is 2. The summed E-state index contributed by atoms with van der Waals surface area (Å²) in [6, 6.07) is 6.02. The predicted octanol–water partition coefficient (Wildman–Crippen LogP) is 2.56. The van der Waals surface area contributed by atoms with Gasteiger partial charge in [-0.05, 0) is 44.2 Å². The average molecular weight is 338 g/mol. The first-order valence-electron chi connectivity index (χ1n) is 8.26. The van der Waals surface area contributed by atoms with Crippen molar-refractivity contribution in [3.63, 3.8) is 0 Å². The lowest BCUT2D eigenvalue weighted by atomic mass is 9.96. The Morgan fingerprint density at radius 2 is 1.91 bits per heavy atom. The molecule has 0 aliphatic carbocycles. The van der Waals surface area contributed by atoms with Gasteiger partial charge >= 0.3 is 0 Å². The quantitative estimate of drug-likeness (QED) is 0.897. The number of hydrogen-bond acceptors (Lipinski definition) is 3. The van der Waals surface area contributed by atoms with E-state index in [1.54, 1.807) is 6.92 Å². The van der Waals surface area contributed by atoms with Crippen LogP contribution in [0.15, 0.2) is 18.2 Å². The highest BCUT2D eigenvalue weighted by atomic mass is 32.2. The van der Waals surface area contributed by atoms with Crippen molar-refractivity contribution in [1.29, 1.82) is 0 Å². The minimum atomic E-state index is -3.15. The molecule has 1 saturated heterocycles. The van der Waals surface area contributed by atoms with Gasteiger partial charge in [-0.2, -0.15) is 0 Å². The lowest BCUT2D eigenvalue weighted by Crippen LogP contribution is -2.42. The molecule has 1 aromatic rings. The van der Waals surface area contributed by atoms with Gasteiger partial charge in [0.1, 0.15) is 0 Å². The molecule has 6 heteroatoms. The molecule has 0 bridgehead atoms. The van der Waals surface area contributed by atoms with E-state index >= 15 is 0 Å². The third-order valence-electron chi connectivity index (χ3n) is 4.57. The van der Waals surface area contributed by atoms with Crippen LogP contribution >= 0.6 is 0 Å². The Bertz CT molecular complexity index is 662. The minimum Gasteiger partial charge on any atom is -0.325 e. The SMILES string of the molecule is CCc1cccc(C)c1NC(=O)C1CCN(S(=O)(=O)CC)CC1. The van der Waals surface area contributed by atoms with Gasteiger partial charge in [-0.3, -0.25) is 4.79 Å². The van der Waals surface area contributed by atoms with Crippen molar-refractivity contribution >= 4 is 21.6 Å². The fraction of sp³-hybridized carbons (Fsp3) is 0.588. The van der Waals surface area contributed by atoms with E-state index in [0.717, 1.165) is 23.2 Å². The van der Waals surface area contributed by atoms with Crippen LogP contribution in [0.2, 0.25) is 0 Å². The van der Waals surface area contributed by atoms with E-state index in [-0.39, 0.29) is 17.6 Å². The first-order valence-corrected chi connectivity index (χ1v) is 9.87. The van der Waals surface area contributed by atoms with Crippen molar-refractivity contribution < 1.29 is 13.2 Å². The Balaban J connectivity index is 2.02. The van der Waals surface area contributed by atoms with Crippen LogP contribution in [0.3, 0.4) is 0 Å². The van der Waals surface area contributed by atoms with E-state index in [1.807, 2.05) is 25.1 Å². The normalized spacial score (nSPS) is 17.2. The van der Waals surface area contributed by atoms with E-state index < -0.39 is 10.0 Å². The van der Waals surface area contributed by atoms with Crippen molar-refractivity contribution in [2.24, 2.45) is 5.92 Å². The molecule has 1 aliphatic rings. The number of carbonyl (C=O) groups is 1. The largest absolute Gasteiger partial charge is 0.325 e. The van der Waals surface area contributed by atoms with Gasteiger partial charge in [0.15, 0.2) is 0 Å². The second-order valence-electron chi connectivity index (χ2n) is 6.03. The van der Waals surface area contributed by atoms with Crippen LogP contribution in [-0.4, -0.2) is 37.5 Å². The van der Waals surface area contributed by atoms with Crippen LogP contribution in [0.25, 0.3) is 0 Å². The van der Waals surface area contributed by atoms with Gasteiger partial charge in [0.2, 0.25) is 15.9 Å². The second kappa shape index (κ2) is 7.45. The molecule has 0 radical (unpaired) electrons. The number of nitrogens with zero attached hydrogens (tertiary/aromatic N) is 1. The number of hydrogen-bond donors (Lipinski definition) is 1. The Labute approximate surface area is 139 Å². The number of amides is 1. The average Bonchev–Trinajstić information content (AvgIpc) is 2.56. The minimum absolute atomic E-state index is 0.00236. The third kappa shape index (κ3) is 4.12. The van der Waals surface area contributed by atoms with Crippen molar-refractivity contribution in [2.75, 3.05) is 24.2 Å². The number of nitrogens with one attached hydrogen (secondary N) is 1. The predicted molar refractivity (Wildman–Crippen MR) is 92.9 cm³/mol. The molecule has 1 aromatic carbocycles. The number of benzene rings is 1. The summed E-state index contributed by atoms with van der Waals surface area (Å²) in [5.41, 5.74) is 3.09. The number of sulfonamides is 1. The highest BCUT2D eigenvalue weighted by Gasteiger charge is 2.30. The first-order chi connectivity index (χ1) is 10.9. The first kappa shape index (κ1) is 17.9. The summed E-state index contributed by atoms with van der Waals surface area (Å²) in [4.78, 5) is 12.5. The van der Waals surface area contributed by atoms with Crippen LogP contribution in [0.4, 0.5) is 5.69 Å². The van der Waals surface area contributed by atoms with Crippen LogP contribution in [-0.2, 0) is 21.2 Å². The lowest BCUT2D eigenvalue weighted by molar-refractivity contribution is -0.120. The number of piperidine rings is 1. The van der Waals surface area contributed by atoms with Gasteiger partial charge in [-0.1, -0.05) is 25.1 Å². The summed E-state index contributed by atoms with van der Waals surface area (Å²) >= 11 is 0. The van der Waals surface area contributed by atoms with Crippen LogP contribution in [0, 0.1) is 12.8 Å². The molecule has 1 N–H and O–H groups in total. The maximum absolute atomic E-state index is 12.5. The molecule has 0 saturated carbocycles. The Kier molecular flexibility index (Phi) is 5.81. The summed E-state index contributed by atoms with van der Waals surface area (Å²) < 4.78 is 25.3. The van der Waals surface area contributed by atoms with Gasteiger partial charge in [0, 0.05) is 24.7 Å². The summed E-state index contributed by atoms with van der Waals surface area (Å²) in [5.74, 6) is -0.00223.